The predicted octanol–water partition coefficient (Wildman–Crippen LogP) is 2.43. The van der Waals surface area contributed by atoms with E-state index < -0.39 is 0 Å². The maximum atomic E-state index is 11.8. The molecule has 1 N–H and O–H groups in total. The molecule has 0 bridgehead atoms. The summed E-state index contributed by atoms with van der Waals surface area (Å²) in [4.78, 5) is 11.8. The maximum absolute atomic E-state index is 11.8. The highest BCUT2D eigenvalue weighted by molar-refractivity contribution is 7.55. The fourth-order valence-electron chi connectivity index (χ4n) is 1.42. The Balaban J connectivity index is 2.45. The van der Waals surface area contributed by atoms with Crippen LogP contribution in [0.15, 0.2) is 49.2 Å². The smallest absolute Gasteiger partial charge is 0.257 e. The van der Waals surface area contributed by atoms with Crippen LogP contribution in [0.3, 0.4) is 0 Å². The van der Waals surface area contributed by atoms with Crippen molar-refractivity contribution in [2.75, 3.05) is 26.3 Å². The van der Waals surface area contributed by atoms with Crippen molar-refractivity contribution in [1.82, 2.24) is 9.99 Å². The summed E-state index contributed by atoms with van der Waals surface area (Å²) >= 11 is 0. The normalized spacial score (nSPS) is 18.3. The molecule has 1 heterocycles. The van der Waals surface area contributed by atoms with E-state index in [1.165, 1.54) is 0 Å². The molecule has 0 aromatic heterocycles. The molecule has 98 valence electrons. The molecular formula is C13H19N2O2P. The van der Waals surface area contributed by atoms with Crippen molar-refractivity contribution in [3.05, 3.63) is 49.2 Å². The first-order valence-corrected chi connectivity index (χ1v) is 6.73. The van der Waals surface area contributed by atoms with Crippen LogP contribution in [0, 0.1) is 0 Å². The van der Waals surface area contributed by atoms with Crippen LogP contribution in [-0.2, 0) is 4.74 Å². The molecule has 1 amide bonds. The molecular weight excluding hydrogens is 247 g/mol. The van der Waals surface area contributed by atoms with Crippen LogP contribution >= 0.6 is 8.73 Å². The van der Waals surface area contributed by atoms with Crippen molar-refractivity contribution >= 4 is 14.4 Å². The van der Waals surface area contributed by atoms with Crippen molar-refractivity contribution in [3.63, 3.8) is 0 Å². The Morgan fingerprint density at radius 3 is 2.61 bits per heavy atom. The molecule has 0 spiro atoms. The molecule has 1 atom stereocenters. The van der Waals surface area contributed by atoms with Crippen molar-refractivity contribution in [1.29, 1.82) is 0 Å². The number of hydrogen-bond donors (Lipinski definition) is 1. The van der Waals surface area contributed by atoms with Crippen LogP contribution in [0.1, 0.15) is 0 Å². The molecule has 0 radical (unpaired) electrons. The van der Waals surface area contributed by atoms with Gasteiger partial charge in [-0.2, -0.15) is 0 Å². The van der Waals surface area contributed by atoms with Crippen molar-refractivity contribution < 1.29 is 9.53 Å². The largest absolute Gasteiger partial charge is 0.379 e. The average molecular weight is 266 g/mol. The van der Waals surface area contributed by atoms with E-state index in [0.717, 1.165) is 18.8 Å². The van der Waals surface area contributed by atoms with Gasteiger partial charge in [0.05, 0.1) is 13.2 Å². The summed E-state index contributed by atoms with van der Waals surface area (Å²) in [6.45, 7) is 10.2. The van der Waals surface area contributed by atoms with Gasteiger partial charge in [0.25, 0.3) is 5.65 Å². The van der Waals surface area contributed by atoms with Gasteiger partial charge in [-0.3, -0.25) is 9.46 Å². The van der Waals surface area contributed by atoms with Crippen molar-refractivity contribution in [3.8, 4) is 0 Å². The van der Waals surface area contributed by atoms with Crippen LogP contribution < -0.4 is 5.32 Å². The number of carbonyl (C=O) groups excluding carboxylic acids is 1. The van der Waals surface area contributed by atoms with E-state index in [1.807, 2.05) is 0 Å². The van der Waals surface area contributed by atoms with Crippen LogP contribution in [0.4, 0.5) is 4.79 Å². The Bertz CT molecular complexity index is 358. The van der Waals surface area contributed by atoms with Gasteiger partial charge in [0, 0.05) is 27.5 Å². The van der Waals surface area contributed by atoms with Crippen LogP contribution in [-0.4, -0.2) is 36.6 Å². The topological polar surface area (TPSA) is 41.6 Å². The SMILES string of the molecule is C=C/C=C\C(=C/C=C)NC(=O)PN1CCOCC1. The first-order valence-electron chi connectivity index (χ1n) is 5.78. The lowest BCUT2D eigenvalue weighted by Crippen LogP contribution is -2.32. The van der Waals surface area contributed by atoms with Crippen LogP contribution in [0.5, 0.6) is 0 Å². The predicted molar refractivity (Wildman–Crippen MR) is 76.9 cm³/mol. The second kappa shape index (κ2) is 8.81. The summed E-state index contributed by atoms with van der Waals surface area (Å²) in [5, 5.41) is 2.85. The summed E-state index contributed by atoms with van der Waals surface area (Å²) in [7, 11) is 0.126. The standard InChI is InChI=1S/C13H19N2O2P/c1-3-5-7-12(6-4-2)14-13(16)18-15-8-10-17-11-9-15/h3-7,18H,1-2,8-11H2,(H,14,16)/b7-5-,12-6+. The summed E-state index contributed by atoms with van der Waals surface area (Å²) in [5.74, 6) is 0. The van der Waals surface area contributed by atoms with E-state index in [1.54, 1.807) is 30.4 Å². The zero-order chi connectivity index (χ0) is 13.2. The Labute approximate surface area is 110 Å². The molecule has 0 aliphatic carbocycles. The average Bonchev–Trinajstić information content (AvgIpc) is 2.37. The molecule has 1 unspecified atom stereocenters. The van der Waals surface area contributed by atoms with E-state index in [4.69, 9.17) is 4.74 Å². The first kappa shape index (κ1) is 14.8. The highest BCUT2D eigenvalue weighted by atomic mass is 31.1. The lowest BCUT2D eigenvalue weighted by atomic mass is 10.3. The number of ether oxygens (including phenoxy) is 1. The lowest BCUT2D eigenvalue weighted by Gasteiger charge is -2.25. The summed E-state index contributed by atoms with van der Waals surface area (Å²) in [6, 6.07) is 0. The number of nitrogens with zero attached hydrogens (tertiary/aromatic N) is 1. The fraction of sp³-hybridized carbons (Fsp3) is 0.308. The van der Waals surface area contributed by atoms with Crippen LogP contribution in [0.2, 0.25) is 0 Å². The van der Waals surface area contributed by atoms with E-state index in [0.29, 0.717) is 13.2 Å². The van der Waals surface area contributed by atoms with Crippen molar-refractivity contribution in [2.24, 2.45) is 0 Å². The van der Waals surface area contributed by atoms with E-state index in [-0.39, 0.29) is 14.4 Å². The Morgan fingerprint density at radius 1 is 1.28 bits per heavy atom. The third-order valence-corrected chi connectivity index (χ3v) is 3.33. The highest BCUT2D eigenvalue weighted by Crippen LogP contribution is 2.20. The summed E-state index contributed by atoms with van der Waals surface area (Å²) < 4.78 is 7.34. The van der Waals surface area contributed by atoms with Gasteiger partial charge in [-0.25, -0.2) is 0 Å². The molecule has 0 aromatic rings. The molecule has 1 rings (SSSR count). The molecule has 4 nitrogen and oxygen atoms in total. The molecule has 18 heavy (non-hydrogen) atoms. The Kier molecular flexibility index (Phi) is 7.26. The molecule has 1 fully saturated rings. The van der Waals surface area contributed by atoms with E-state index in [9.17, 15) is 4.79 Å². The second-order valence-electron chi connectivity index (χ2n) is 3.62. The number of allylic oxidation sites excluding steroid dienone is 5. The van der Waals surface area contributed by atoms with Gasteiger partial charge in [-0.15, -0.1) is 0 Å². The second-order valence-corrected chi connectivity index (χ2v) is 4.93. The van der Waals surface area contributed by atoms with Gasteiger partial charge in [0.2, 0.25) is 0 Å². The number of carbonyl (C=O) groups is 1. The summed E-state index contributed by atoms with van der Waals surface area (Å²) in [6.07, 6.45) is 8.61. The number of morpholine rings is 1. The third-order valence-electron chi connectivity index (χ3n) is 2.24. The van der Waals surface area contributed by atoms with Gasteiger partial charge in [0.1, 0.15) is 0 Å². The molecule has 1 aliphatic heterocycles. The molecule has 0 aromatic carbocycles. The molecule has 1 saturated heterocycles. The minimum absolute atomic E-state index is 0.00119. The van der Waals surface area contributed by atoms with E-state index in [2.05, 4.69) is 23.1 Å². The minimum atomic E-state index is -0.00119. The number of nitrogens with one attached hydrogen (secondary N) is 1. The molecule has 1 aliphatic rings. The van der Waals surface area contributed by atoms with E-state index >= 15 is 0 Å². The summed E-state index contributed by atoms with van der Waals surface area (Å²) in [5.41, 5.74) is 0.717. The Hall–Kier alpha value is -1.22. The van der Waals surface area contributed by atoms with Crippen molar-refractivity contribution in [2.45, 2.75) is 0 Å². The molecule has 5 heteroatoms. The van der Waals surface area contributed by atoms with Gasteiger partial charge in [-0.05, 0) is 12.2 Å². The first-order chi connectivity index (χ1) is 8.76. The lowest BCUT2D eigenvalue weighted by molar-refractivity contribution is 0.0761. The van der Waals surface area contributed by atoms with Gasteiger partial charge in [-0.1, -0.05) is 31.4 Å². The number of amides is 1. The fourth-order valence-corrected chi connectivity index (χ4v) is 2.31. The van der Waals surface area contributed by atoms with Gasteiger partial charge < -0.3 is 10.1 Å². The maximum Gasteiger partial charge on any atom is 0.257 e. The zero-order valence-electron chi connectivity index (χ0n) is 10.4. The molecule has 0 saturated carbocycles. The highest BCUT2D eigenvalue weighted by Gasteiger charge is 2.14. The third kappa shape index (κ3) is 5.92. The monoisotopic (exact) mass is 266 g/mol. The van der Waals surface area contributed by atoms with Gasteiger partial charge in [0.15, 0.2) is 0 Å². The van der Waals surface area contributed by atoms with Gasteiger partial charge >= 0.3 is 0 Å². The minimum Gasteiger partial charge on any atom is -0.379 e. The quantitative estimate of drug-likeness (QED) is 0.593. The number of rotatable bonds is 6. The Morgan fingerprint density at radius 2 is 2.00 bits per heavy atom. The number of hydrogen-bond acceptors (Lipinski definition) is 3. The zero-order valence-corrected chi connectivity index (χ0v) is 11.4. The van der Waals surface area contributed by atoms with Crippen LogP contribution in [0.25, 0.3) is 0 Å².